The van der Waals surface area contributed by atoms with Gasteiger partial charge in [0.2, 0.25) is 10.0 Å². The third kappa shape index (κ3) is 3.67. The van der Waals surface area contributed by atoms with Crippen molar-refractivity contribution in [1.82, 2.24) is 4.31 Å². The maximum Gasteiger partial charge on any atom is 0.244 e. The van der Waals surface area contributed by atoms with E-state index >= 15 is 0 Å². The van der Waals surface area contributed by atoms with Crippen molar-refractivity contribution in [3.05, 3.63) is 22.4 Å². The van der Waals surface area contributed by atoms with Crippen molar-refractivity contribution in [2.24, 2.45) is 0 Å². The Morgan fingerprint density at radius 2 is 2.00 bits per heavy atom. The molecule has 0 atom stereocenters. The zero-order valence-electron chi connectivity index (χ0n) is 11.0. The highest BCUT2D eigenvalue weighted by atomic mass is 79.9. The van der Waals surface area contributed by atoms with Crippen LogP contribution in [0.5, 0.6) is 0 Å². The third-order valence-corrected chi connectivity index (χ3v) is 5.72. The predicted octanol–water partition coefficient (Wildman–Crippen LogP) is 2.98. The summed E-state index contributed by atoms with van der Waals surface area (Å²) in [6.07, 6.45) is 1.68. The Bertz CT molecular complexity index is 549. The lowest BCUT2D eigenvalue weighted by Gasteiger charge is -2.21. The molecule has 19 heavy (non-hydrogen) atoms. The average Bonchev–Trinajstić information content (AvgIpc) is 2.34. The molecule has 0 aliphatic heterocycles. The molecule has 108 valence electrons. The normalized spacial score (nSPS) is 12.1. The Morgan fingerprint density at radius 3 is 2.53 bits per heavy atom. The quantitative estimate of drug-likeness (QED) is 0.800. The van der Waals surface area contributed by atoms with Crippen molar-refractivity contribution >= 4 is 31.6 Å². The van der Waals surface area contributed by atoms with Gasteiger partial charge in [0.05, 0.1) is 10.6 Å². The summed E-state index contributed by atoms with van der Waals surface area (Å²) in [6.45, 7) is 4.57. The van der Waals surface area contributed by atoms with Crippen molar-refractivity contribution < 1.29 is 12.8 Å². The van der Waals surface area contributed by atoms with Crippen molar-refractivity contribution in [2.75, 3.05) is 18.8 Å². The minimum absolute atomic E-state index is 0.00403. The Labute approximate surface area is 122 Å². The molecule has 4 nitrogen and oxygen atoms in total. The van der Waals surface area contributed by atoms with Crippen LogP contribution in [0.4, 0.5) is 10.1 Å². The monoisotopic (exact) mass is 352 g/mol. The van der Waals surface area contributed by atoms with E-state index in [2.05, 4.69) is 15.9 Å². The smallest absolute Gasteiger partial charge is 0.244 e. The van der Waals surface area contributed by atoms with Gasteiger partial charge in [-0.15, -0.1) is 0 Å². The van der Waals surface area contributed by atoms with Crippen molar-refractivity contribution in [3.63, 3.8) is 0 Å². The van der Waals surface area contributed by atoms with Gasteiger partial charge in [-0.1, -0.05) is 20.3 Å². The maximum absolute atomic E-state index is 13.3. The standard InChI is InChI=1S/C12H18BrFN2O2S/c1-3-5-6-16(4-2)19(17,18)12-8-11(15)10(14)7-9(12)13/h7-8H,3-6,15H2,1-2H3. The molecule has 0 amide bonds. The number of hydrogen-bond acceptors (Lipinski definition) is 3. The number of hydrogen-bond donors (Lipinski definition) is 1. The van der Waals surface area contributed by atoms with Crippen LogP contribution >= 0.6 is 15.9 Å². The van der Waals surface area contributed by atoms with Crippen LogP contribution < -0.4 is 5.73 Å². The number of nitrogen functional groups attached to an aromatic ring is 1. The van der Waals surface area contributed by atoms with Crippen LogP contribution in [0.25, 0.3) is 0 Å². The summed E-state index contributed by atoms with van der Waals surface area (Å²) in [7, 11) is -3.65. The van der Waals surface area contributed by atoms with E-state index in [-0.39, 0.29) is 15.1 Å². The van der Waals surface area contributed by atoms with Crippen LogP contribution in [0.3, 0.4) is 0 Å². The number of unbranched alkanes of at least 4 members (excludes halogenated alkanes) is 1. The molecule has 1 rings (SSSR count). The molecule has 0 saturated heterocycles. The first-order valence-corrected chi connectivity index (χ1v) is 8.32. The van der Waals surface area contributed by atoms with Gasteiger partial charge in [-0.3, -0.25) is 0 Å². The lowest BCUT2D eigenvalue weighted by atomic mass is 10.3. The molecule has 0 radical (unpaired) electrons. The molecule has 0 fully saturated rings. The molecule has 0 heterocycles. The SMILES string of the molecule is CCCCN(CC)S(=O)(=O)c1cc(N)c(F)cc1Br. The Morgan fingerprint density at radius 1 is 1.37 bits per heavy atom. The van der Waals surface area contributed by atoms with Crippen LogP contribution in [0.2, 0.25) is 0 Å². The van der Waals surface area contributed by atoms with Gasteiger partial charge in [0.15, 0.2) is 0 Å². The summed E-state index contributed by atoms with van der Waals surface area (Å²) in [5, 5.41) is 0. The third-order valence-electron chi connectivity index (χ3n) is 2.78. The number of nitrogens with two attached hydrogens (primary N) is 1. The van der Waals surface area contributed by atoms with E-state index < -0.39 is 15.8 Å². The molecule has 1 aromatic rings. The average molecular weight is 353 g/mol. The van der Waals surface area contributed by atoms with Crippen molar-refractivity contribution in [3.8, 4) is 0 Å². The van der Waals surface area contributed by atoms with Gasteiger partial charge >= 0.3 is 0 Å². The molecule has 7 heteroatoms. The summed E-state index contributed by atoms with van der Waals surface area (Å²) < 4.78 is 39.8. The number of rotatable bonds is 6. The van der Waals surface area contributed by atoms with Crippen LogP contribution in [-0.4, -0.2) is 25.8 Å². The van der Waals surface area contributed by atoms with Gasteiger partial charge in [0, 0.05) is 17.6 Å². The van der Waals surface area contributed by atoms with Gasteiger partial charge in [-0.25, -0.2) is 12.8 Å². The minimum Gasteiger partial charge on any atom is -0.396 e. The molecule has 0 aliphatic carbocycles. The number of benzene rings is 1. The summed E-state index contributed by atoms with van der Waals surface area (Å²) in [5.74, 6) is -0.637. The van der Waals surface area contributed by atoms with Crippen LogP contribution in [0, 0.1) is 5.82 Å². The van der Waals surface area contributed by atoms with E-state index in [0.717, 1.165) is 25.0 Å². The van der Waals surface area contributed by atoms with E-state index in [1.54, 1.807) is 6.92 Å². The van der Waals surface area contributed by atoms with E-state index in [9.17, 15) is 12.8 Å². The molecule has 0 spiro atoms. The van der Waals surface area contributed by atoms with Crippen LogP contribution in [-0.2, 0) is 10.0 Å². The van der Waals surface area contributed by atoms with Crippen molar-refractivity contribution in [1.29, 1.82) is 0 Å². The fourth-order valence-electron chi connectivity index (χ4n) is 1.66. The summed E-state index contributed by atoms with van der Waals surface area (Å²) >= 11 is 3.08. The number of nitrogens with zero attached hydrogens (tertiary/aromatic N) is 1. The summed E-state index contributed by atoms with van der Waals surface area (Å²) in [6, 6.07) is 2.24. The fourth-order valence-corrected chi connectivity index (χ4v) is 4.16. The Balaban J connectivity index is 3.22. The Kier molecular flexibility index (Phi) is 5.76. The molecule has 2 N–H and O–H groups in total. The number of anilines is 1. The van der Waals surface area contributed by atoms with Gasteiger partial charge in [-0.05, 0) is 34.5 Å². The molecular formula is C12H18BrFN2O2S. The van der Waals surface area contributed by atoms with E-state index in [0.29, 0.717) is 13.1 Å². The molecule has 0 aliphatic rings. The highest BCUT2D eigenvalue weighted by Crippen LogP contribution is 2.29. The molecule has 0 saturated carbocycles. The first-order valence-electron chi connectivity index (χ1n) is 6.09. The second-order valence-electron chi connectivity index (χ2n) is 4.15. The summed E-state index contributed by atoms with van der Waals surface area (Å²) in [5.41, 5.74) is 5.28. The molecule has 0 bridgehead atoms. The highest BCUT2D eigenvalue weighted by molar-refractivity contribution is 9.10. The predicted molar refractivity (Wildman–Crippen MR) is 77.9 cm³/mol. The lowest BCUT2D eigenvalue weighted by Crippen LogP contribution is -2.32. The fraction of sp³-hybridized carbons (Fsp3) is 0.500. The second kappa shape index (κ2) is 6.67. The van der Waals surface area contributed by atoms with Crippen LogP contribution in [0.1, 0.15) is 26.7 Å². The van der Waals surface area contributed by atoms with Crippen molar-refractivity contribution in [2.45, 2.75) is 31.6 Å². The lowest BCUT2D eigenvalue weighted by molar-refractivity contribution is 0.418. The highest BCUT2D eigenvalue weighted by Gasteiger charge is 2.26. The van der Waals surface area contributed by atoms with E-state index in [4.69, 9.17) is 5.73 Å². The largest absolute Gasteiger partial charge is 0.396 e. The first kappa shape index (κ1) is 16.4. The van der Waals surface area contributed by atoms with E-state index in [1.165, 1.54) is 4.31 Å². The second-order valence-corrected chi connectivity index (χ2v) is 6.92. The molecule has 1 aromatic carbocycles. The molecular weight excluding hydrogens is 335 g/mol. The summed E-state index contributed by atoms with van der Waals surface area (Å²) in [4.78, 5) is 0.00403. The van der Waals surface area contributed by atoms with Crippen LogP contribution in [0.15, 0.2) is 21.5 Å². The Hall–Kier alpha value is -0.660. The van der Waals surface area contributed by atoms with Gasteiger partial charge in [0.25, 0.3) is 0 Å². The zero-order valence-corrected chi connectivity index (χ0v) is 13.4. The van der Waals surface area contributed by atoms with E-state index in [1.807, 2.05) is 6.92 Å². The maximum atomic E-state index is 13.3. The van der Waals surface area contributed by atoms with Gasteiger partial charge in [-0.2, -0.15) is 4.31 Å². The molecule has 0 aromatic heterocycles. The topological polar surface area (TPSA) is 63.4 Å². The molecule has 0 unspecified atom stereocenters. The number of halogens is 2. The van der Waals surface area contributed by atoms with Gasteiger partial charge in [0.1, 0.15) is 5.82 Å². The zero-order chi connectivity index (χ0) is 14.6. The number of sulfonamides is 1. The minimum atomic E-state index is -3.65. The van der Waals surface area contributed by atoms with Gasteiger partial charge < -0.3 is 5.73 Å². The first-order chi connectivity index (χ1) is 8.84.